The lowest BCUT2D eigenvalue weighted by Gasteiger charge is -2.15. The number of carbonyl (C=O) groups is 1. The largest absolute Gasteiger partial charge is 0.383 e. The molecule has 0 aromatic heterocycles. The molecule has 1 aliphatic heterocycles. The van der Waals surface area contributed by atoms with Crippen LogP contribution in [0.4, 0.5) is 0 Å². The van der Waals surface area contributed by atoms with E-state index in [1.807, 2.05) is 37.3 Å². The standard InChI is InChI=1S/C12H15NO3/c1-9-7-13(12(15)11(9)14)16-8-10-5-3-2-4-6-10/h2-6,9,11,14H,7-8H2,1H3. The van der Waals surface area contributed by atoms with Crippen molar-refractivity contribution in [2.45, 2.75) is 19.6 Å². The molecule has 0 bridgehead atoms. The normalized spacial score (nSPS) is 25.1. The first-order valence-corrected chi connectivity index (χ1v) is 5.35. The smallest absolute Gasteiger partial charge is 0.275 e. The van der Waals surface area contributed by atoms with Crippen molar-refractivity contribution in [2.75, 3.05) is 6.54 Å². The monoisotopic (exact) mass is 221 g/mol. The van der Waals surface area contributed by atoms with Crippen molar-refractivity contribution in [1.29, 1.82) is 0 Å². The Kier molecular flexibility index (Phi) is 3.22. The summed E-state index contributed by atoms with van der Waals surface area (Å²) in [6.45, 7) is 2.63. The summed E-state index contributed by atoms with van der Waals surface area (Å²) in [5.74, 6) is -0.410. The zero-order chi connectivity index (χ0) is 11.5. The fourth-order valence-corrected chi connectivity index (χ4v) is 1.69. The topological polar surface area (TPSA) is 49.8 Å². The molecule has 1 aliphatic rings. The van der Waals surface area contributed by atoms with E-state index in [2.05, 4.69) is 0 Å². The lowest BCUT2D eigenvalue weighted by atomic mass is 10.1. The van der Waals surface area contributed by atoms with Gasteiger partial charge >= 0.3 is 0 Å². The van der Waals surface area contributed by atoms with Crippen molar-refractivity contribution in [3.8, 4) is 0 Å². The Morgan fingerprint density at radius 1 is 1.44 bits per heavy atom. The molecule has 1 fully saturated rings. The zero-order valence-corrected chi connectivity index (χ0v) is 9.17. The van der Waals surface area contributed by atoms with Crippen LogP contribution in [-0.4, -0.2) is 28.7 Å². The maximum atomic E-state index is 11.5. The van der Waals surface area contributed by atoms with E-state index in [1.54, 1.807) is 0 Å². The average Bonchev–Trinajstić information content (AvgIpc) is 2.56. The van der Waals surface area contributed by atoms with E-state index in [0.717, 1.165) is 5.56 Å². The Labute approximate surface area is 94.4 Å². The highest BCUT2D eigenvalue weighted by Gasteiger charge is 2.37. The molecule has 1 aromatic rings. The van der Waals surface area contributed by atoms with Gasteiger partial charge in [0.15, 0.2) is 0 Å². The minimum atomic E-state index is -0.921. The van der Waals surface area contributed by atoms with Crippen LogP contribution < -0.4 is 0 Å². The predicted octanol–water partition coefficient (Wildman–Crippen LogP) is 0.957. The number of hydroxylamine groups is 2. The van der Waals surface area contributed by atoms with Gasteiger partial charge < -0.3 is 5.11 Å². The van der Waals surface area contributed by atoms with Crippen molar-refractivity contribution in [3.05, 3.63) is 35.9 Å². The molecule has 2 rings (SSSR count). The van der Waals surface area contributed by atoms with Gasteiger partial charge in [0.2, 0.25) is 0 Å². The molecule has 86 valence electrons. The molecule has 0 spiro atoms. The van der Waals surface area contributed by atoms with Gasteiger partial charge in [-0.25, -0.2) is 5.06 Å². The van der Waals surface area contributed by atoms with Crippen LogP contribution >= 0.6 is 0 Å². The van der Waals surface area contributed by atoms with E-state index in [-0.39, 0.29) is 11.8 Å². The Balaban J connectivity index is 1.90. The number of hydrogen-bond donors (Lipinski definition) is 1. The van der Waals surface area contributed by atoms with Crippen LogP contribution in [0.25, 0.3) is 0 Å². The van der Waals surface area contributed by atoms with Gasteiger partial charge in [-0.05, 0) is 5.56 Å². The van der Waals surface area contributed by atoms with Crippen LogP contribution in [0, 0.1) is 5.92 Å². The van der Waals surface area contributed by atoms with Gasteiger partial charge in [0.05, 0.1) is 6.54 Å². The summed E-state index contributed by atoms with van der Waals surface area (Å²) in [6, 6.07) is 9.63. The molecular formula is C12H15NO3. The highest BCUT2D eigenvalue weighted by atomic mass is 16.7. The summed E-state index contributed by atoms with van der Waals surface area (Å²) in [5.41, 5.74) is 1.00. The number of benzene rings is 1. The third-order valence-corrected chi connectivity index (χ3v) is 2.72. The molecule has 1 heterocycles. The second-order valence-corrected chi connectivity index (χ2v) is 4.08. The first-order chi connectivity index (χ1) is 7.68. The van der Waals surface area contributed by atoms with Crippen LogP contribution in [-0.2, 0) is 16.2 Å². The molecule has 1 N–H and O–H groups in total. The van der Waals surface area contributed by atoms with Crippen LogP contribution in [0.5, 0.6) is 0 Å². The van der Waals surface area contributed by atoms with E-state index in [4.69, 9.17) is 4.84 Å². The molecule has 1 saturated heterocycles. The number of hydrogen-bond acceptors (Lipinski definition) is 3. The van der Waals surface area contributed by atoms with Gasteiger partial charge in [0, 0.05) is 5.92 Å². The molecule has 0 radical (unpaired) electrons. The quantitative estimate of drug-likeness (QED) is 0.827. The van der Waals surface area contributed by atoms with Crippen LogP contribution in [0.15, 0.2) is 30.3 Å². The van der Waals surface area contributed by atoms with Crippen molar-refractivity contribution in [3.63, 3.8) is 0 Å². The summed E-state index contributed by atoms with van der Waals surface area (Å²) >= 11 is 0. The van der Waals surface area contributed by atoms with Crippen molar-refractivity contribution >= 4 is 5.91 Å². The number of carbonyl (C=O) groups excluding carboxylic acids is 1. The van der Waals surface area contributed by atoms with Gasteiger partial charge in [-0.1, -0.05) is 37.3 Å². The summed E-state index contributed by atoms with van der Waals surface area (Å²) < 4.78 is 0. The molecule has 1 amide bonds. The minimum Gasteiger partial charge on any atom is -0.383 e. The van der Waals surface area contributed by atoms with E-state index < -0.39 is 6.10 Å². The number of aliphatic hydroxyl groups is 1. The molecule has 4 heteroatoms. The fourth-order valence-electron chi connectivity index (χ4n) is 1.69. The van der Waals surface area contributed by atoms with Gasteiger partial charge in [0.1, 0.15) is 12.7 Å². The Morgan fingerprint density at radius 3 is 2.69 bits per heavy atom. The minimum absolute atomic E-state index is 0.0664. The Morgan fingerprint density at radius 2 is 2.12 bits per heavy atom. The van der Waals surface area contributed by atoms with E-state index in [9.17, 15) is 9.90 Å². The summed E-state index contributed by atoms with van der Waals surface area (Å²) in [7, 11) is 0. The number of nitrogens with zero attached hydrogens (tertiary/aromatic N) is 1. The molecule has 16 heavy (non-hydrogen) atoms. The third kappa shape index (κ3) is 2.23. The second-order valence-electron chi connectivity index (χ2n) is 4.08. The SMILES string of the molecule is CC1CN(OCc2ccccc2)C(=O)C1O. The predicted molar refractivity (Wildman–Crippen MR) is 58.1 cm³/mol. The molecule has 0 saturated carbocycles. The third-order valence-electron chi connectivity index (χ3n) is 2.72. The Hall–Kier alpha value is -1.39. The molecule has 4 nitrogen and oxygen atoms in total. The maximum absolute atomic E-state index is 11.5. The van der Waals surface area contributed by atoms with Crippen molar-refractivity contribution in [2.24, 2.45) is 5.92 Å². The number of amides is 1. The van der Waals surface area contributed by atoms with Crippen molar-refractivity contribution < 1.29 is 14.7 Å². The van der Waals surface area contributed by atoms with E-state index in [0.29, 0.717) is 13.2 Å². The summed E-state index contributed by atoms with van der Waals surface area (Å²) in [6.07, 6.45) is -0.921. The number of rotatable bonds is 3. The average molecular weight is 221 g/mol. The molecular weight excluding hydrogens is 206 g/mol. The molecule has 2 atom stereocenters. The highest BCUT2D eigenvalue weighted by molar-refractivity contribution is 5.82. The van der Waals surface area contributed by atoms with Crippen LogP contribution in [0.2, 0.25) is 0 Å². The molecule has 0 aliphatic carbocycles. The number of aliphatic hydroxyl groups excluding tert-OH is 1. The summed E-state index contributed by atoms with van der Waals surface area (Å²) in [4.78, 5) is 16.9. The lowest BCUT2D eigenvalue weighted by Crippen LogP contribution is -2.29. The van der Waals surface area contributed by atoms with Gasteiger partial charge in [-0.3, -0.25) is 9.63 Å². The van der Waals surface area contributed by atoms with E-state index >= 15 is 0 Å². The highest BCUT2D eigenvalue weighted by Crippen LogP contribution is 2.18. The van der Waals surface area contributed by atoms with E-state index in [1.165, 1.54) is 5.06 Å². The lowest BCUT2D eigenvalue weighted by molar-refractivity contribution is -0.186. The first-order valence-electron chi connectivity index (χ1n) is 5.35. The first kappa shape index (κ1) is 11.1. The van der Waals surface area contributed by atoms with Gasteiger partial charge in [-0.15, -0.1) is 0 Å². The second kappa shape index (κ2) is 4.63. The van der Waals surface area contributed by atoms with Gasteiger partial charge in [0.25, 0.3) is 5.91 Å². The zero-order valence-electron chi connectivity index (χ0n) is 9.17. The van der Waals surface area contributed by atoms with Crippen LogP contribution in [0.1, 0.15) is 12.5 Å². The Bertz CT molecular complexity index is 366. The van der Waals surface area contributed by atoms with Gasteiger partial charge in [-0.2, -0.15) is 0 Å². The van der Waals surface area contributed by atoms with Crippen molar-refractivity contribution in [1.82, 2.24) is 5.06 Å². The molecule has 2 unspecified atom stereocenters. The summed E-state index contributed by atoms with van der Waals surface area (Å²) in [5, 5.41) is 10.7. The molecule has 1 aromatic carbocycles. The van der Waals surface area contributed by atoms with Crippen LogP contribution in [0.3, 0.4) is 0 Å². The maximum Gasteiger partial charge on any atom is 0.275 e. The fraction of sp³-hybridized carbons (Fsp3) is 0.417.